The van der Waals surface area contributed by atoms with Crippen LogP contribution in [0, 0.1) is 0 Å². The molecule has 0 radical (unpaired) electrons. The smallest absolute Gasteiger partial charge is 0.251 e. The minimum absolute atomic E-state index is 0.0931. The molecule has 6 nitrogen and oxygen atoms in total. The van der Waals surface area contributed by atoms with Gasteiger partial charge in [0.25, 0.3) is 5.91 Å². The summed E-state index contributed by atoms with van der Waals surface area (Å²) in [6.07, 6.45) is 4.19. The molecule has 158 valence electrons. The summed E-state index contributed by atoms with van der Waals surface area (Å²) in [5.74, 6) is 0.597. The SMILES string of the molecule is O=C(NCCCN1CCC[C@H](O)C1)c1ccc2oc(CCc3ccccc3)nc2c1. The molecule has 4 rings (SSSR count). The van der Waals surface area contributed by atoms with Crippen LogP contribution in [0.25, 0.3) is 11.1 Å². The number of carbonyl (C=O) groups excluding carboxylic acids is 1. The van der Waals surface area contributed by atoms with Gasteiger partial charge in [0.05, 0.1) is 6.10 Å². The summed E-state index contributed by atoms with van der Waals surface area (Å²) in [5, 5.41) is 12.7. The molecule has 6 heteroatoms. The topological polar surface area (TPSA) is 78.6 Å². The maximum absolute atomic E-state index is 12.5. The monoisotopic (exact) mass is 407 g/mol. The Kier molecular flexibility index (Phi) is 6.77. The summed E-state index contributed by atoms with van der Waals surface area (Å²) in [6.45, 7) is 3.28. The van der Waals surface area contributed by atoms with Gasteiger partial charge in [0.15, 0.2) is 11.5 Å². The predicted octanol–water partition coefficient (Wildman–Crippen LogP) is 3.19. The van der Waals surface area contributed by atoms with Gasteiger partial charge in [0, 0.05) is 25.1 Å². The van der Waals surface area contributed by atoms with Crippen molar-refractivity contribution in [3.05, 3.63) is 65.5 Å². The van der Waals surface area contributed by atoms with Gasteiger partial charge in [-0.1, -0.05) is 30.3 Å². The van der Waals surface area contributed by atoms with Crippen molar-refractivity contribution < 1.29 is 14.3 Å². The van der Waals surface area contributed by atoms with E-state index in [4.69, 9.17) is 4.42 Å². The molecule has 2 heterocycles. The van der Waals surface area contributed by atoms with Gasteiger partial charge in [-0.25, -0.2) is 4.98 Å². The highest BCUT2D eigenvalue weighted by atomic mass is 16.3. The number of fused-ring (bicyclic) bond motifs is 1. The van der Waals surface area contributed by atoms with E-state index in [1.54, 1.807) is 12.1 Å². The molecule has 1 saturated heterocycles. The maximum Gasteiger partial charge on any atom is 0.251 e. The van der Waals surface area contributed by atoms with Crippen LogP contribution in [0.5, 0.6) is 0 Å². The summed E-state index contributed by atoms with van der Waals surface area (Å²) in [5.41, 5.74) is 3.27. The molecule has 0 unspecified atom stereocenters. The number of β-amino-alcohol motifs (C(OH)–C–C–N with tert-alkyl or cyclic N) is 1. The lowest BCUT2D eigenvalue weighted by molar-refractivity contribution is 0.0697. The second-order valence-electron chi connectivity index (χ2n) is 7.98. The van der Waals surface area contributed by atoms with Gasteiger partial charge in [-0.3, -0.25) is 4.79 Å². The Morgan fingerprint density at radius 1 is 1.20 bits per heavy atom. The first-order chi connectivity index (χ1) is 14.7. The van der Waals surface area contributed by atoms with Crippen molar-refractivity contribution in [1.29, 1.82) is 0 Å². The zero-order chi connectivity index (χ0) is 20.8. The quantitative estimate of drug-likeness (QED) is 0.561. The van der Waals surface area contributed by atoms with Gasteiger partial charge < -0.3 is 19.7 Å². The van der Waals surface area contributed by atoms with Crippen molar-refractivity contribution in [3.63, 3.8) is 0 Å². The number of hydrogen-bond acceptors (Lipinski definition) is 5. The average molecular weight is 408 g/mol. The van der Waals surface area contributed by atoms with Gasteiger partial charge in [0.1, 0.15) is 5.52 Å². The number of benzene rings is 2. The third kappa shape index (κ3) is 5.46. The number of aromatic nitrogens is 1. The van der Waals surface area contributed by atoms with Gasteiger partial charge in [-0.2, -0.15) is 0 Å². The number of rotatable bonds is 8. The van der Waals surface area contributed by atoms with E-state index in [-0.39, 0.29) is 12.0 Å². The molecule has 1 atom stereocenters. The summed E-state index contributed by atoms with van der Waals surface area (Å²) in [7, 11) is 0. The fraction of sp³-hybridized carbons (Fsp3) is 0.417. The highest BCUT2D eigenvalue weighted by Crippen LogP contribution is 2.19. The van der Waals surface area contributed by atoms with E-state index in [9.17, 15) is 9.90 Å². The number of hydrogen-bond donors (Lipinski definition) is 2. The first-order valence-corrected chi connectivity index (χ1v) is 10.8. The largest absolute Gasteiger partial charge is 0.441 e. The Bertz CT molecular complexity index is 970. The fourth-order valence-electron chi connectivity index (χ4n) is 3.96. The molecule has 0 spiro atoms. The van der Waals surface area contributed by atoms with Crippen LogP contribution in [-0.2, 0) is 12.8 Å². The van der Waals surface area contributed by atoms with E-state index < -0.39 is 0 Å². The van der Waals surface area contributed by atoms with Crippen LogP contribution in [0.1, 0.15) is 41.1 Å². The summed E-state index contributed by atoms with van der Waals surface area (Å²) in [6, 6.07) is 15.7. The predicted molar refractivity (Wildman–Crippen MR) is 116 cm³/mol. The molecule has 1 amide bonds. The summed E-state index contributed by atoms with van der Waals surface area (Å²) in [4.78, 5) is 19.3. The average Bonchev–Trinajstić information content (AvgIpc) is 3.18. The molecule has 30 heavy (non-hydrogen) atoms. The van der Waals surface area contributed by atoms with Gasteiger partial charge in [0.2, 0.25) is 0 Å². The van der Waals surface area contributed by atoms with E-state index >= 15 is 0 Å². The summed E-state index contributed by atoms with van der Waals surface area (Å²) >= 11 is 0. The van der Waals surface area contributed by atoms with Crippen LogP contribution in [0.2, 0.25) is 0 Å². The van der Waals surface area contributed by atoms with Crippen molar-refractivity contribution in [2.75, 3.05) is 26.2 Å². The summed E-state index contributed by atoms with van der Waals surface area (Å²) < 4.78 is 5.83. The maximum atomic E-state index is 12.5. The highest BCUT2D eigenvalue weighted by molar-refractivity contribution is 5.97. The molecule has 2 N–H and O–H groups in total. The molecule has 2 aromatic carbocycles. The number of aryl methyl sites for hydroxylation is 2. The van der Waals surface area contributed by atoms with Crippen molar-refractivity contribution in [1.82, 2.24) is 15.2 Å². The second-order valence-corrected chi connectivity index (χ2v) is 7.98. The molecular weight excluding hydrogens is 378 g/mol. The molecule has 1 aliphatic heterocycles. The van der Waals surface area contributed by atoms with Crippen LogP contribution < -0.4 is 5.32 Å². The van der Waals surface area contributed by atoms with Gasteiger partial charge in [-0.15, -0.1) is 0 Å². The normalized spacial score (nSPS) is 17.3. The number of aliphatic hydroxyl groups is 1. The minimum atomic E-state index is -0.208. The van der Waals surface area contributed by atoms with E-state index in [1.165, 1.54) is 5.56 Å². The number of piperidine rings is 1. The van der Waals surface area contributed by atoms with E-state index in [0.29, 0.717) is 29.1 Å². The van der Waals surface area contributed by atoms with Crippen molar-refractivity contribution >= 4 is 17.0 Å². The van der Waals surface area contributed by atoms with Crippen molar-refractivity contribution in [3.8, 4) is 0 Å². The zero-order valence-corrected chi connectivity index (χ0v) is 17.2. The van der Waals surface area contributed by atoms with Crippen LogP contribution in [0.3, 0.4) is 0 Å². The molecule has 0 bridgehead atoms. The Hall–Kier alpha value is -2.70. The van der Waals surface area contributed by atoms with Crippen LogP contribution in [0.4, 0.5) is 0 Å². The number of nitrogens with one attached hydrogen (secondary N) is 1. The first kappa shape index (κ1) is 20.6. The Labute approximate surface area is 176 Å². The number of nitrogens with zero attached hydrogens (tertiary/aromatic N) is 2. The lowest BCUT2D eigenvalue weighted by Gasteiger charge is -2.29. The molecule has 1 aromatic heterocycles. The lowest BCUT2D eigenvalue weighted by atomic mass is 10.1. The molecule has 3 aromatic rings. The van der Waals surface area contributed by atoms with Crippen molar-refractivity contribution in [2.45, 2.75) is 38.2 Å². The van der Waals surface area contributed by atoms with Crippen LogP contribution >= 0.6 is 0 Å². The molecule has 1 aliphatic rings. The third-order valence-electron chi connectivity index (χ3n) is 5.58. The molecule has 0 saturated carbocycles. The van der Waals surface area contributed by atoms with E-state index in [1.807, 2.05) is 24.3 Å². The Balaban J connectivity index is 1.27. The number of aliphatic hydroxyl groups excluding tert-OH is 1. The zero-order valence-electron chi connectivity index (χ0n) is 17.2. The second kappa shape index (κ2) is 9.87. The molecule has 0 aliphatic carbocycles. The van der Waals surface area contributed by atoms with Crippen LogP contribution in [-0.4, -0.2) is 53.2 Å². The number of amides is 1. The van der Waals surface area contributed by atoms with Crippen molar-refractivity contribution in [2.24, 2.45) is 0 Å². The van der Waals surface area contributed by atoms with Crippen LogP contribution in [0.15, 0.2) is 52.9 Å². The van der Waals surface area contributed by atoms with Gasteiger partial charge in [-0.05, 0) is 62.5 Å². The number of likely N-dealkylation sites (tertiary alicyclic amines) is 1. The standard InChI is InChI=1S/C24H29N3O3/c28-20-8-4-14-27(17-20)15-5-13-25-24(29)19-10-11-22-21(16-19)26-23(30-22)12-9-18-6-2-1-3-7-18/h1-3,6-7,10-11,16,20,28H,4-5,8-9,12-15,17H2,(H,25,29)/t20-/m0/s1. The fourth-order valence-corrected chi connectivity index (χ4v) is 3.96. The Morgan fingerprint density at radius 3 is 2.90 bits per heavy atom. The number of carbonyl (C=O) groups is 1. The van der Waals surface area contributed by atoms with E-state index in [0.717, 1.165) is 51.7 Å². The lowest BCUT2D eigenvalue weighted by Crippen LogP contribution is -2.39. The van der Waals surface area contributed by atoms with Gasteiger partial charge >= 0.3 is 0 Å². The highest BCUT2D eigenvalue weighted by Gasteiger charge is 2.17. The minimum Gasteiger partial charge on any atom is -0.441 e. The Morgan fingerprint density at radius 2 is 2.07 bits per heavy atom. The third-order valence-corrected chi connectivity index (χ3v) is 5.58. The first-order valence-electron chi connectivity index (χ1n) is 10.8. The molecular formula is C24H29N3O3. The molecule has 1 fully saturated rings. The van der Waals surface area contributed by atoms with E-state index in [2.05, 4.69) is 27.3 Å². The number of oxazole rings is 1.